The zero-order valence-corrected chi connectivity index (χ0v) is 9.53. The highest BCUT2D eigenvalue weighted by Gasteiger charge is 2.16. The Morgan fingerprint density at radius 3 is 1.67 bits per heavy atom. The van der Waals surface area contributed by atoms with Crippen LogP contribution in [-0.4, -0.2) is 23.6 Å². The second-order valence-corrected chi connectivity index (χ2v) is 4.07. The van der Waals surface area contributed by atoms with Crippen LogP contribution in [0.4, 0.5) is 0 Å². The van der Waals surface area contributed by atoms with Crippen molar-refractivity contribution in [2.24, 2.45) is 0 Å². The zero-order valence-electron chi connectivity index (χ0n) is 8.02. The summed E-state index contributed by atoms with van der Waals surface area (Å²) in [6, 6.07) is 0. The third kappa shape index (κ3) is 6.16. The maximum atomic E-state index is 5.81. The van der Waals surface area contributed by atoms with E-state index in [2.05, 4.69) is 18.7 Å². The molecule has 0 rings (SSSR count). The van der Waals surface area contributed by atoms with Gasteiger partial charge in [-0.15, -0.1) is 22.9 Å². The molecular formula is C8H18BCl2N. The molecule has 4 heteroatoms. The molecule has 72 valence electrons. The highest BCUT2D eigenvalue weighted by Crippen LogP contribution is 2.07. The molecule has 0 aromatic heterocycles. The van der Waals surface area contributed by atoms with Crippen molar-refractivity contribution < 1.29 is 0 Å². The predicted molar refractivity (Wildman–Crippen MR) is 58.8 cm³/mol. The topological polar surface area (TPSA) is 3.24 Å². The third-order valence-corrected chi connectivity index (χ3v) is 2.43. The minimum atomic E-state index is -0.330. The van der Waals surface area contributed by atoms with Crippen molar-refractivity contribution >= 4 is 28.6 Å². The van der Waals surface area contributed by atoms with Gasteiger partial charge in [-0.3, -0.25) is 0 Å². The van der Waals surface area contributed by atoms with E-state index in [1.807, 2.05) is 0 Å². The number of halogens is 2. The fourth-order valence-electron chi connectivity index (χ4n) is 1.03. The van der Waals surface area contributed by atoms with Crippen molar-refractivity contribution in [2.45, 2.75) is 39.5 Å². The molecular weight excluding hydrogens is 192 g/mol. The molecule has 0 amide bonds. The summed E-state index contributed by atoms with van der Waals surface area (Å²) in [6.45, 7) is 6.40. The van der Waals surface area contributed by atoms with Gasteiger partial charge >= 0.3 is 5.68 Å². The van der Waals surface area contributed by atoms with Crippen LogP contribution in [0.1, 0.15) is 39.5 Å². The first-order chi connectivity index (χ1) is 5.72. The lowest BCUT2D eigenvalue weighted by Crippen LogP contribution is -2.33. The molecule has 0 aliphatic carbocycles. The fourth-order valence-corrected chi connectivity index (χ4v) is 1.42. The summed E-state index contributed by atoms with van der Waals surface area (Å²) in [7, 11) is 0. The van der Waals surface area contributed by atoms with Gasteiger partial charge in [0.05, 0.1) is 0 Å². The van der Waals surface area contributed by atoms with Crippen molar-refractivity contribution in [3.63, 3.8) is 0 Å². The van der Waals surface area contributed by atoms with Crippen LogP contribution in [0.3, 0.4) is 0 Å². The highest BCUT2D eigenvalue weighted by molar-refractivity contribution is 7.32. The monoisotopic (exact) mass is 209 g/mol. The van der Waals surface area contributed by atoms with Gasteiger partial charge < -0.3 is 4.81 Å². The van der Waals surface area contributed by atoms with Gasteiger partial charge in [0.1, 0.15) is 0 Å². The zero-order chi connectivity index (χ0) is 9.40. The Morgan fingerprint density at radius 1 is 1.00 bits per heavy atom. The second kappa shape index (κ2) is 8.21. The van der Waals surface area contributed by atoms with Gasteiger partial charge in [-0.2, -0.15) is 0 Å². The van der Waals surface area contributed by atoms with Crippen LogP contribution >= 0.6 is 22.9 Å². The van der Waals surface area contributed by atoms with Gasteiger partial charge in [-0.1, -0.05) is 26.7 Å². The molecule has 0 atom stereocenters. The lowest BCUT2D eigenvalue weighted by molar-refractivity contribution is 0.423. The van der Waals surface area contributed by atoms with Crippen LogP contribution in [0.15, 0.2) is 0 Å². The summed E-state index contributed by atoms with van der Waals surface area (Å²) in [5.74, 6) is 0. The van der Waals surface area contributed by atoms with Crippen molar-refractivity contribution in [3.05, 3.63) is 0 Å². The molecule has 0 N–H and O–H groups in total. The summed E-state index contributed by atoms with van der Waals surface area (Å²) in [5, 5.41) is 0. The Labute approximate surface area is 86.3 Å². The number of hydrogen-bond donors (Lipinski definition) is 0. The molecule has 0 saturated heterocycles. The highest BCUT2D eigenvalue weighted by atomic mass is 35.5. The summed E-state index contributed by atoms with van der Waals surface area (Å²) in [4.78, 5) is 2.12. The van der Waals surface area contributed by atoms with E-state index in [-0.39, 0.29) is 5.68 Å². The maximum absolute atomic E-state index is 5.81. The molecule has 0 aromatic rings. The molecule has 0 bridgehead atoms. The van der Waals surface area contributed by atoms with E-state index in [9.17, 15) is 0 Å². The standard InChI is InChI=1S/C8H18BCl2N/c1-3-5-7-12(9(10)11)8-6-4-2/h3-8H2,1-2H3. The van der Waals surface area contributed by atoms with E-state index < -0.39 is 0 Å². The van der Waals surface area contributed by atoms with Crippen LogP contribution in [0.2, 0.25) is 0 Å². The van der Waals surface area contributed by atoms with Gasteiger partial charge in [0.2, 0.25) is 0 Å². The largest absolute Gasteiger partial charge is 0.434 e. The summed E-state index contributed by atoms with van der Waals surface area (Å²) < 4.78 is 0. The molecule has 0 radical (unpaired) electrons. The van der Waals surface area contributed by atoms with E-state index in [0.717, 1.165) is 13.1 Å². The van der Waals surface area contributed by atoms with Crippen LogP contribution in [0.25, 0.3) is 0 Å². The molecule has 0 unspecified atom stereocenters. The van der Waals surface area contributed by atoms with Crippen LogP contribution in [-0.2, 0) is 0 Å². The summed E-state index contributed by atoms with van der Waals surface area (Å²) >= 11 is 11.6. The van der Waals surface area contributed by atoms with Gasteiger partial charge in [0, 0.05) is 0 Å². The van der Waals surface area contributed by atoms with E-state index in [0.29, 0.717) is 0 Å². The Bertz CT molecular complexity index is 93.1. The SMILES string of the molecule is CCCCN(CCCC)B(Cl)Cl. The average molecular weight is 210 g/mol. The number of rotatable bonds is 7. The average Bonchev–Trinajstić information content (AvgIpc) is 2.04. The third-order valence-electron chi connectivity index (χ3n) is 1.87. The van der Waals surface area contributed by atoms with Gasteiger partial charge in [-0.05, 0) is 25.9 Å². The molecule has 1 nitrogen and oxygen atoms in total. The first-order valence-corrected chi connectivity index (χ1v) is 5.61. The van der Waals surface area contributed by atoms with Crippen LogP contribution in [0.5, 0.6) is 0 Å². The molecule has 0 fully saturated rings. The number of unbranched alkanes of at least 4 members (excludes halogenated alkanes) is 2. The molecule has 0 aliphatic heterocycles. The van der Waals surface area contributed by atoms with Gasteiger partial charge in [0.25, 0.3) is 0 Å². The first-order valence-electron chi connectivity index (χ1n) is 4.74. The van der Waals surface area contributed by atoms with E-state index in [4.69, 9.17) is 22.9 Å². The molecule has 0 saturated carbocycles. The predicted octanol–water partition coefficient (Wildman–Crippen LogP) is 3.35. The Kier molecular flexibility index (Phi) is 8.63. The number of nitrogens with zero attached hydrogens (tertiary/aromatic N) is 1. The van der Waals surface area contributed by atoms with E-state index in [1.54, 1.807) is 0 Å². The maximum Gasteiger partial charge on any atom is 0.434 e. The second-order valence-electron chi connectivity index (χ2n) is 3.02. The fraction of sp³-hybridized carbons (Fsp3) is 1.00. The first kappa shape index (κ1) is 12.6. The normalized spacial score (nSPS) is 10.8. The van der Waals surface area contributed by atoms with Crippen molar-refractivity contribution in [2.75, 3.05) is 13.1 Å². The minimum Gasteiger partial charge on any atom is -0.315 e. The van der Waals surface area contributed by atoms with Crippen molar-refractivity contribution in [1.82, 2.24) is 4.81 Å². The molecule has 0 heterocycles. The lowest BCUT2D eigenvalue weighted by atomic mass is 10.2. The number of hydrogen-bond acceptors (Lipinski definition) is 1. The van der Waals surface area contributed by atoms with Crippen LogP contribution < -0.4 is 0 Å². The quantitative estimate of drug-likeness (QED) is 0.582. The van der Waals surface area contributed by atoms with E-state index >= 15 is 0 Å². The van der Waals surface area contributed by atoms with Gasteiger partial charge in [0.15, 0.2) is 0 Å². The summed E-state index contributed by atoms with van der Waals surface area (Å²) in [6.07, 6.45) is 4.76. The molecule has 0 aliphatic rings. The molecule has 12 heavy (non-hydrogen) atoms. The van der Waals surface area contributed by atoms with Crippen molar-refractivity contribution in [1.29, 1.82) is 0 Å². The van der Waals surface area contributed by atoms with Gasteiger partial charge in [-0.25, -0.2) is 0 Å². The lowest BCUT2D eigenvalue weighted by Gasteiger charge is -2.20. The minimum absolute atomic E-state index is 0.330. The molecule has 0 spiro atoms. The Hall–Kier alpha value is 0.605. The van der Waals surface area contributed by atoms with E-state index in [1.165, 1.54) is 25.7 Å². The summed E-state index contributed by atoms with van der Waals surface area (Å²) in [5.41, 5.74) is -0.330. The van der Waals surface area contributed by atoms with Crippen LogP contribution in [0, 0.1) is 0 Å². The molecule has 0 aromatic carbocycles. The Balaban J connectivity index is 3.55. The smallest absolute Gasteiger partial charge is 0.315 e. The van der Waals surface area contributed by atoms with Crippen molar-refractivity contribution in [3.8, 4) is 0 Å². The Morgan fingerprint density at radius 2 is 1.42 bits per heavy atom.